The minimum atomic E-state index is -0.126. The number of amides is 1. The fraction of sp³-hybridized carbons (Fsp3) is 0.700. The van der Waals surface area contributed by atoms with Crippen molar-refractivity contribution in [3.05, 3.63) is 12.2 Å². The number of rotatable bonds is 3. The van der Waals surface area contributed by atoms with Gasteiger partial charge in [0.05, 0.1) is 6.61 Å². The third kappa shape index (κ3) is 3.19. The number of aliphatic hydroxyl groups is 1. The highest BCUT2D eigenvalue weighted by Gasteiger charge is 2.19. The fourth-order valence-corrected chi connectivity index (χ4v) is 1.44. The zero-order valence-corrected chi connectivity index (χ0v) is 7.99. The number of hydrogen-bond donors (Lipinski definition) is 2. The first kappa shape index (κ1) is 10.3. The second-order valence-electron chi connectivity index (χ2n) is 3.57. The van der Waals surface area contributed by atoms with Crippen LogP contribution in [0.1, 0.15) is 26.2 Å². The Morgan fingerprint density at radius 2 is 2.46 bits per heavy atom. The summed E-state index contributed by atoms with van der Waals surface area (Å²) in [7, 11) is 0. The van der Waals surface area contributed by atoms with E-state index in [4.69, 9.17) is 5.11 Å². The zero-order valence-electron chi connectivity index (χ0n) is 7.99. The molecule has 1 aliphatic rings. The average Bonchev–Trinajstić information content (AvgIpc) is 2.19. The molecule has 0 fully saturated rings. The van der Waals surface area contributed by atoms with Gasteiger partial charge in [0.1, 0.15) is 0 Å². The van der Waals surface area contributed by atoms with Crippen LogP contribution in [0.2, 0.25) is 0 Å². The standard InChI is InChI=1S/C10H17NO2/c1-8(7-12)11-10(13)9-5-3-2-4-6-9/h2-3,8-9,12H,4-7H2,1H3,(H,11,13)/t8-,9?/m1/s1. The van der Waals surface area contributed by atoms with Crippen molar-refractivity contribution in [1.29, 1.82) is 0 Å². The molecule has 1 amide bonds. The van der Waals surface area contributed by atoms with Gasteiger partial charge in [0.25, 0.3) is 0 Å². The minimum absolute atomic E-state index is 0.00823. The number of aliphatic hydroxyl groups excluding tert-OH is 1. The predicted octanol–water partition coefficient (Wildman–Crippen LogP) is 0.840. The van der Waals surface area contributed by atoms with Crippen LogP contribution < -0.4 is 5.32 Å². The normalized spacial score (nSPS) is 24.0. The van der Waals surface area contributed by atoms with Gasteiger partial charge in [0.2, 0.25) is 5.91 Å². The molecule has 0 saturated carbocycles. The van der Waals surface area contributed by atoms with E-state index in [0.29, 0.717) is 0 Å². The Labute approximate surface area is 78.8 Å². The van der Waals surface area contributed by atoms with E-state index in [2.05, 4.69) is 17.5 Å². The van der Waals surface area contributed by atoms with Crippen LogP contribution in [0, 0.1) is 5.92 Å². The molecule has 0 spiro atoms. The predicted molar refractivity (Wildman–Crippen MR) is 51.2 cm³/mol. The molecule has 0 aromatic carbocycles. The first-order valence-electron chi connectivity index (χ1n) is 4.80. The number of allylic oxidation sites excluding steroid dienone is 2. The van der Waals surface area contributed by atoms with E-state index in [1.165, 1.54) is 0 Å². The molecule has 0 bridgehead atoms. The van der Waals surface area contributed by atoms with Gasteiger partial charge in [-0.1, -0.05) is 12.2 Å². The third-order valence-electron chi connectivity index (χ3n) is 2.30. The zero-order chi connectivity index (χ0) is 9.68. The van der Waals surface area contributed by atoms with Crippen molar-refractivity contribution < 1.29 is 9.90 Å². The summed E-state index contributed by atoms with van der Waals surface area (Å²) in [5.41, 5.74) is 0. The monoisotopic (exact) mass is 183 g/mol. The molecule has 1 rings (SSSR count). The first-order chi connectivity index (χ1) is 6.24. The van der Waals surface area contributed by atoms with Crippen LogP contribution in [0.25, 0.3) is 0 Å². The molecule has 1 unspecified atom stereocenters. The summed E-state index contributed by atoms with van der Waals surface area (Å²) in [6.45, 7) is 1.81. The molecule has 0 radical (unpaired) electrons. The van der Waals surface area contributed by atoms with Crippen molar-refractivity contribution in [2.75, 3.05) is 6.61 Å². The van der Waals surface area contributed by atoms with Gasteiger partial charge < -0.3 is 10.4 Å². The van der Waals surface area contributed by atoms with Crippen molar-refractivity contribution in [3.63, 3.8) is 0 Å². The molecule has 2 N–H and O–H groups in total. The van der Waals surface area contributed by atoms with E-state index in [1.807, 2.05) is 0 Å². The number of carbonyl (C=O) groups excluding carboxylic acids is 1. The minimum Gasteiger partial charge on any atom is -0.394 e. The van der Waals surface area contributed by atoms with E-state index >= 15 is 0 Å². The van der Waals surface area contributed by atoms with E-state index in [9.17, 15) is 4.79 Å². The van der Waals surface area contributed by atoms with Gasteiger partial charge in [-0.25, -0.2) is 0 Å². The highest BCUT2D eigenvalue weighted by Crippen LogP contribution is 2.17. The summed E-state index contributed by atoms with van der Waals surface area (Å²) >= 11 is 0. The van der Waals surface area contributed by atoms with Crippen LogP contribution in [0.15, 0.2) is 12.2 Å². The SMILES string of the molecule is C[C@H](CO)NC(=O)C1CC=CCC1. The van der Waals surface area contributed by atoms with Gasteiger partial charge in [-0.2, -0.15) is 0 Å². The van der Waals surface area contributed by atoms with Gasteiger partial charge >= 0.3 is 0 Å². The Hall–Kier alpha value is -0.830. The summed E-state index contributed by atoms with van der Waals surface area (Å²) in [6, 6.07) is -0.126. The van der Waals surface area contributed by atoms with Crippen LogP contribution in [0.4, 0.5) is 0 Å². The van der Waals surface area contributed by atoms with Crippen LogP contribution in [-0.2, 0) is 4.79 Å². The lowest BCUT2D eigenvalue weighted by Crippen LogP contribution is -2.39. The van der Waals surface area contributed by atoms with Crippen molar-refractivity contribution in [3.8, 4) is 0 Å². The van der Waals surface area contributed by atoms with E-state index in [1.54, 1.807) is 6.92 Å². The topological polar surface area (TPSA) is 49.3 Å². The smallest absolute Gasteiger partial charge is 0.223 e. The molecule has 0 aromatic rings. The molecule has 0 aliphatic heterocycles. The maximum Gasteiger partial charge on any atom is 0.223 e. The molecule has 3 nitrogen and oxygen atoms in total. The number of carbonyl (C=O) groups is 1. The van der Waals surface area contributed by atoms with Crippen molar-refractivity contribution >= 4 is 5.91 Å². The summed E-state index contributed by atoms with van der Waals surface area (Å²) in [5.74, 6) is 0.185. The van der Waals surface area contributed by atoms with Gasteiger partial charge in [0, 0.05) is 12.0 Å². The van der Waals surface area contributed by atoms with Gasteiger partial charge in [-0.3, -0.25) is 4.79 Å². The van der Waals surface area contributed by atoms with Crippen LogP contribution in [0.5, 0.6) is 0 Å². The van der Waals surface area contributed by atoms with Crippen LogP contribution in [0.3, 0.4) is 0 Å². The second-order valence-corrected chi connectivity index (χ2v) is 3.57. The molecular weight excluding hydrogens is 166 g/mol. The Bertz CT molecular complexity index is 201. The third-order valence-corrected chi connectivity index (χ3v) is 2.30. The molecule has 0 aromatic heterocycles. The van der Waals surface area contributed by atoms with Gasteiger partial charge in [-0.15, -0.1) is 0 Å². The Morgan fingerprint density at radius 1 is 1.69 bits per heavy atom. The molecule has 0 heterocycles. The summed E-state index contributed by atoms with van der Waals surface area (Å²) in [6.07, 6.45) is 6.92. The Balaban J connectivity index is 2.34. The quantitative estimate of drug-likeness (QED) is 0.637. The van der Waals surface area contributed by atoms with E-state index in [0.717, 1.165) is 19.3 Å². The maximum absolute atomic E-state index is 11.5. The van der Waals surface area contributed by atoms with Gasteiger partial charge in [0.15, 0.2) is 0 Å². The number of nitrogens with one attached hydrogen (secondary N) is 1. The second kappa shape index (κ2) is 5.02. The van der Waals surface area contributed by atoms with Crippen molar-refractivity contribution in [2.45, 2.75) is 32.2 Å². The Kier molecular flexibility index (Phi) is 3.96. The van der Waals surface area contributed by atoms with Crippen LogP contribution in [-0.4, -0.2) is 23.7 Å². The summed E-state index contributed by atoms with van der Waals surface area (Å²) in [4.78, 5) is 11.5. The van der Waals surface area contributed by atoms with Crippen LogP contribution >= 0.6 is 0 Å². The summed E-state index contributed by atoms with van der Waals surface area (Å²) in [5, 5.41) is 11.5. The van der Waals surface area contributed by atoms with E-state index in [-0.39, 0.29) is 24.5 Å². The molecule has 0 saturated heterocycles. The lowest BCUT2D eigenvalue weighted by atomic mass is 9.93. The maximum atomic E-state index is 11.5. The molecule has 13 heavy (non-hydrogen) atoms. The lowest BCUT2D eigenvalue weighted by molar-refractivity contribution is -0.126. The molecular formula is C10H17NO2. The molecule has 74 valence electrons. The highest BCUT2D eigenvalue weighted by atomic mass is 16.3. The van der Waals surface area contributed by atoms with Crippen molar-refractivity contribution in [2.24, 2.45) is 5.92 Å². The number of hydrogen-bond acceptors (Lipinski definition) is 2. The molecule has 2 atom stereocenters. The van der Waals surface area contributed by atoms with Gasteiger partial charge in [-0.05, 0) is 26.2 Å². The van der Waals surface area contributed by atoms with E-state index < -0.39 is 0 Å². The highest BCUT2D eigenvalue weighted by molar-refractivity contribution is 5.79. The molecule has 3 heteroatoms. The fourth-order valence-electron chi connectivity index (χ4n) is 1.44. The Morgan fingerprint density at radius 3 is 3.00 bits per heavy atom. The van der Waals surface area contributed by atoms with Crippen molar-refractivity contribution in [1.82, 2.24) is 5.32 Å². The summed E-state index contributed by atoms with van der Waals surface area (Å²) < 4.78 is 0. The largest absolute Gasteiger partial charge is 0.394 e. The molecule has 1 aliphatic carbocycles. The first-order valence-corrected chi connectivity index (χ1v) is 4.80. The lowest BCUT2D eigenvalue weighted by Gasteiger charge is -2.19. The average molecular weight is 183 g/mol.